The Balaban J connectivity index is 1.40. The number of hydrogen-bond donors (Lipinski definition) is 1. The molecule has 0 radical (unpaired) electrons. The van der Waals surface area contributed by atoms with Gasteiger partial charge < -0.3 is 15.1 Å². The van der Waals surface area contributed by atoms with Crippen LogP contribution in [-0.4, -0.2) is 59.9 Å². The summed E-state index contributed by atoms with van der Waals surface area (Å²) in [5.74, 6) is 1.18. The van der Waals surface area contributed by atoms with Crippen molar-refractivity contribution in [3.63, 3.8) is 0 Å². The van der Waals surface area contributed by atoms with Gasteiger partial charge in [-0.25, -0.2) is 0 Å². The van der Waals surface area contributed by atoms with E-state index >= 15 is 0 Å². The number of benzene rings is 1. The first-order valence-electron chi connectivity index (χ1n) is 10.6. The highest BCUT2D eigenvalue weighted by Gasteiger charge is 2.51. The first kappa shape index (κ1) is 17.2. The van der Waals surface area contributed by atoms with Crippen LogP contribution in [0.3, 0.4) is 0 Å². The number of rotatable bonds is 1. The van der Waals surface area contributed by atoms with Gasteiger partial charge in [0, 0.05) is 38.0 Å². The van der Waals surface area contributed by atoms with Crippen molar-refractivity contribution in [3.8, 4) is 0 Å². The fourth-order valence-corrected chi connectivity index (χ4v) is 5.91. The van der Waals surface area contributed by atoms with E-state index in [9.17, 15) is 9.59 Å². The average Bonchev–Trinajstić information content (AvgIpc) is 2.92. The van der Waals surface area contributed by atoms with Gasteiger partial charge in [0.25, 0.3) is 0 Å². The summed E-state index contributed by atoms with van der Waals surface area (Å²) in [5, 5.41) is 3.54. The zero-order valence-corrected chi connectivity index (χ0v) is 15.9. The van der Waals surface area contributed by atoms with E-state index in [0.29, 0.717) is 12.3 Å². The minimum absolute atomic E-state index is 0.190. The summed E-state index contributed by atoms with van der Waals surface area (Å²) in [6.45, 7) is 3.38. The summed E-state index contributed by atoms with van der Waals surface area (Å²) >= 11 is 0. The SMILES string of the molecule is O=C([C@H]1[C@@H]2CNC[C@@H](C2)[C@@H]2CCCC(=O)N21)N1CCc2ccccc2CC1. The summed E-state index contributed by atoms with van der Waals surface area (Å²) in [5.41, 5.74) is 2.73. The molecular formula is C22H29N3O2. The lowest BCUT2D eigenvalue weighted by Gasteiger charge is -2.54. The molecule has 2 bridgehead atoms. The van der Waals surface area contributed by atoms with E-state index in [2.05, 4.69) is 29.6 Å². The second-order valence-corrected chi connectivity index (χ2v) is 8.71. The number of nitrogens with zero attached hydrogens (tertiary/aromatic N) is 2. The van der Waals surface area contributed by atoms with Gasteiger partial charge in [0.1, 0.15) is 6.04 Å². The van der Waals surface area contributed by atoms with Crippen LogP contribution in [-0.2, 0) is 22.4 Å². The fourth-order valence-electron chi connectivity index (χ4n) is 5.91. The molecule has 4 aliphatic rings. The smallest absolute Gasteiger partial charge is 0.245 e. The molecule has 144 valence electrons. The van der Waals surface area contributed by atoms with Crippen molar-refractivity contribution in [2.24, 2.45) is 11.8 Å². The minimum Gasteiger partial charge on any atom is -0.340 e. The predicted octanol–water partition coefficient (Wildman–Crippen LogP) is 1.60. The van der Waals surface area contributed by atoms with E-state index in [-0.39, 0.29) is 29.8 Å². The van der Waals surface area contributed by atoms with Crippen molar-refractivity contribution in [1.82, 2.24) is 15.1 Å². The number of carbonyl (C=O) groups is 2. The lowest BCUT2D eigenvalue weighted by atomic mass is 9.72. The number of amides is 2. The molecule has 2 amide bonds. The van der Waals surface area contributed by atoms with Crippen LogP contribution in [0, 0.1) is 11.8 Å². The first-order valence-corrected chi connectivity index (χ1v) is 10.6. The van der Waals surface area contributed by atoms with Crippen LogP contribution >= 0.6 is 0 Å². The van der Waals surface area contributed by atoms with Crippen molar-refractivity contribution in [3.05, 3.63) is 35.4 Å². The lowest BCUT2D eigenvalue weighted by Crippen LogP contribution is -2.68. The third kappa shape index (κ3) is 2.96. The predicted molar refractivity (Wildman–Crippen MR) is 103 cm³/mol. The van der Waals surface area contributed by atoms with Gasteiger partial charge in [-0.05, 0) is 55.7 Å². The van der Waals surface area contributed by atoms with Gasteiger partial charge in [-0.3, -0.25) is 9.59 Å². The maximum atomic E-state index is 13.7. The average molecular weight is 367 g/mol. The highest BCUT2D eigenvalue weighted by molar-refractivity contribution is 5.89. The third-order valence-electron chi connectivity index (χ3n) is 7.23. The summed E-state index contributed by atoms with van der Waals surface area (Å²) in [7, 11) is 0. The molecule has 27 heavy (non-hydrogen) atoms. The zero-order valence-electron chi connectivity index (χ0n) is 15.9. The standard InChI is InChI=1S/C22H29N3O2/c26-20-7-3-6-19-17-12-18(14-23-13-17)21(25(19)20)22(27)24-10-8-15-4-1-2-5-16(15)9-11-24/h1-2,4-5,17-19,21,23H,3,6-14H2/t17-,18+,19+,21-/m1/s1. The molecule has 5 nitrogen and oxygen atoms in total. The number of hydrogen-bond acceptors (Lipinski definition) is 3. The molecule has 3 fully saturated rings. The molecule has 4 heterocycles. The Morgan fingerprint density at radius 1 is 1.00 bits per heavy atom. The van der Waals surface area contributed by atoms with Gasteiger partial charge in [-0.2, -0.15) is 0 Å². The Bertz CT molecular complexity index is 722. The Labute approximate surface area is 161 Å². The second-order valence-electron chi connectivity index (χ2n) is 8.71. The zero-order chi connectivity index (χ0) is 18.4. The number of nitrogens with one attached hydrogen (secondary N) is 1. The highest BCUT2D eigenvalue weighted by Crippen LogP contribution is 2.40. The van der Waals surface area contributed by atoms with Crippen molar-refractivity contribution in [1.29, 1.82) is 0 Å². The molecule has 4 aliphatic heterocycles. The topological polar surface area (TPSA) is 52.7 Å². The Kier molecular flexibility index (Phi) is 4.43. The van der Waals surface area contributed by atoms with Gasteiger partial charge in [-0.1, -0.05) is 24.3 Å². The molecule has 1 N–H and O–H groups in total. The van der Waals surface area contributed by atoms with E-state index in [1.807, 2.05) is 9.80 Å². The number of piperidine rings is 3. The largest absolute Gasteiger partial charge is 0.340 e. The number of fused-ring (bicyclic) bond motifs is 5. The molecule has 0 aliphatic carbocycles. The van der Waals surface area contributed by atoms with Crippen LogP contribution in [0.15, 0.2) is 24.3 Å². The molecule has 0 aromatic heterocycles. The van der Waals surface area contributed by atoms with Gasteiger partial charge >= 0.3 is 0 Å². The maximum absolute atomic E-state index is 13.7. The minimum atomic E-state index is -0.256. The molecule has 5 rings (SSSR count). The molecule has 4 atom stereocenters. The molecule has 5 heteroatoms. The highest BCUT2D eigenvalue weighted by atomic mass is 16.2. The Hall–Kier alpha value is -1.88. The quantitative estimate of drug-likeness (QED) is 0.820. The van der Waals surface area contributed by atoms with E-state index < -0.39 is 0 Å². The van der Waals surface area contributed by atoms with E-state index in [0.717, 1.165) is 58.3 Å². The van der Waals surface area contributed by atoms with Crippen LogP contribution in [0.5, 0.6) is 0 Å². The van der Waals surface area contributed by atoms with Gasteiger partial charge in [0.05, 0.1) is 0 Å². The summed E-state index contributed by atoms with van der Waals surface area (Å²) in [6, 6.07) is 8.54. The molecule has 0 spiro atoms. The molecule has 0 saturated carbocycles. The monoisotopic (exact) mass is 367 g/mol. The first-order chi connectivity index (χ1) is 13.2. The van der Waals surface area contributed by atoms with Crippen LogP contribution in [0.25, 0.3) is 0 Å². The Morgan fingerprint density at radius 2 is 1.70 bits per heavy atom. The summed E-state index contributed by atoms with van der Waals surface area (Å²) in [4.78, 5) is 30.6. The number of carbonyl (C=O) groups excluding carboxylic acids is 2. The molecule has 1 aromatic rings. The van der Waals surface area contributed by atoms with E-state index in [4.69, 9.17) is 0 Å². The van der Waals surface area contributed by atoms with Gasteiger partial charge in [-0.15, -0.1) is 0 Å². The fraction of sp³-hybridized carbons (Fsp3) is 0.636. The van der Waals surface area contributed by atoms with Gasteiger partial charge in [0.2, 0.25) is 11.8 Å². The van der Waals surface area contributed by atoms with Crippen LogP contribution in [0.4, 0.5) is 0 Å². The van der Waals surface area contributed by atoms with Crippen molar-refractivity contribution < 1.29 is 9.59 Å². The Morgan fingerprint density at radius 3 is 2.44 bits per heavy atom. The van der Waals surface area contributed by atoms with Crippen LogP contribution in [0.1, 0.15) is 36.8 Å². The third-order valence-corrected chi connectivity index (χ3v) is 7.23. The summed E-state index contributed by atoms with van der Waals surface area (Å²) < 4.78 is 0. The van der Waals surface area contributed by atoms with E-state index in [1.54, 1.807) is 0 Å². The molecule has 3 saturated heterocycles. The molecule has 1 aromatic carbocycles. The normalized spacial score (nSPS) is 33.1. The molecular weight excluding hydrogens is 338 g/mol. The van der Waals surface area contributed by atoms with Crippen molar-refractivity contribution >= 4 is 11.8 Å². The van der Waals surface area contributed by atoms with Gasteiger partial charge in [0.15, 0.2) is 0 Å². The lowest BCUT2D eigenvalue weighted by molar-refractivity contribution is -0.161. The second kappa shape index (κ2) is 6.93. The van der Waals surface area contributed by atoms with E-state index in [1.165, 1.54) is 11.1 Å². The maximum Gasteiger partial charge on any atom is 0.245 e. The molecule has 0 unspecified atom stereocenters. The summed E-state index contributed by atoms with van der Waals surface area (Å²) in [6.07, 6.45) is 5.56. The van der Waals surface area contributed by atoms with Crippen molar-refractivity contribution in [2.75, 3.05) is 26.2 Å². The van der Waals surface area contributed by atoms with Crippen LogP contribution in [0.2, 0.25) is 0 Å². The van der Waals surface area contributed by atoms with Crippen molar-refractivity contribution in [2.45, 2.75) is 50.6 Å². The van der Waals surface area contributed by atoms with Crippen LogP contribution < -0.4 is 5.32 Å².